The van der Waals surface area contributed by atoms with Crippen LogP contribution < -0.4 is 0 Å². The first kappa shape index (κ1) is 10.9. The van der Waals surface area contributed by atoms with Crippen LogP contribution in [-0.4, -0.2) is 44.8 Å². The molecule has 1 atom stereocenters. The largest absolute Gasteiger partial charge is 0.296 e. The first-order valence-electron chi connectivity index (χ1n) is 6.48. The van der Waals surface area contributed by atoms with Crippen LogP contribution in [0.15, 0.2) is 6.20 Å². The van der Waals surface area contributed by atoms with E-state index in [2.05, 4.69) is 15.2 Å². The lowest BCUT2D eigenvalue weighted by Gasteiger charge is -2.38. The van der Waals surface area contributed by atoms with Gasteiger partial charge in [-0.05, 0) is 32.2 Å². The Morgan fingerprint density at radius 1 is 1.35 bits per heavy atom. The van der Waals surface area contributed by atoms with Gasteiger partial charge in [0.2, 0.25) is 0 Å². The van der Waals surface area contributed by atoms with Crippen LogP contribution in [0.4, 0.5) is 0 Å². The average molecular weight is 234 g/mol. The van der Waals surface area contributed by atoms with Gasteiger partial charge in [-0.2, -0.15) is 0 Å². The zero-order valence-corrected chi connectivity index (χ0v) is 9.96. The summed E-state index contributed by atoms with van der Waals surface area (Å²) in [6.07, 6.45) is 9.11. The molecule has 5 nitrogen and oxygen atoms in total. The highest BCUT2D eigenvalue weighted by molar-refractivity contribution is 5.70. The fourth-order valence-corrected chi connectivity index (χ4v) is 2.93. The number of nitrogens with zero attached hydrogens (tertiary/aromatic N) is 4. The highest BCUT2D eigenvalue weighted by atomic mass is 16.1. The Kier molecular flexibility index (Phi) is 2.93. The van der Waals surface area contributed by atoms with Gasteiger partial charge in [0.1, 0.15) is 5.69 Å². The molecule has 2 aliphatic rings. The summed E-state index contributed by atoms with van der Waals surface area (Å²) in [5, 5.41) is 7.80. The summed E-state index contributed by atoms with van der Waals surface area (Å²) in [7, 11) is 0. The maximum Gasteiger partial charge on any atom is 0.171 e. The van der Waals surface area contributed by atoms with Gasteiger partial charge in [0, 0.05) is 12.1 Å². The summed E-state index contributed by atoms with van der Waals surface area (Å²) in [5.74, 6) is 0. The summed E-state index contributed by atoms with van der Waals surface area (Å²) in [5.41, 5.74) is 0.429. The standard InChI is InChI=1S/C12H18N4O/c17-9-10-7-15(14-13-10)8-12-5-2-6-16(12)11-3-1-4-11/h7,9,11-12H,1-6,8H2/t12-/m0/s1. The lowest BCUT2D eigenvalue weighted by atomic mass is 9.91. The van der Waals surface area contributed by atoms with Crippen molar-refractivity contribution in [2.45, 2.75) is 50.7 Å². The van der Waals surface area contributed by atoms with E-state index >= 15 is 0 Å². The van der Waals surface area contributed by atoms with Crippen LogP contribution in [0.5, 0.6) is 0 Å². The van der Waals surface area contributed by atoms with Gasteiger partial charge in [0.05, 0.1) is 12.7 Å². The van der Waals surface area contributed by atoms with Crippen molar-refractivity contribution in [3.8, 4) is 0 Å². The van der Waals surface area contributed by atoms with Crippen LogP contribution >= 0.6 is 0 Å². The molecular weight excluding hydrogens is 216 g/mol. The van der Waals surface area contributed by atoms with Gasteiger partial charge < -0.3 is 0 Å². The fraction of sp³-hybridized carbons (Fsp3) is 0.750. The highest BCUT2D eigenvalue weighted by Gasteiger charge is 2.33. The monoisotopic (exact) mass is 234 g/mol. The third-order valence-electron chi connectivity index (χ3n) is 4.04. The minimum Gasteiger partial charge on any atom is -0.296 e. The molecule has 0 aromatic carbocycles. The number of carbonyl (C=O) groups is 1. The van der Waals surface area contributed by atoms with E-state index in [1.807, 2.05) is 4.68 Å². The Balaban J connectivity index is 1.64. The van der Waals surface area contributed by atoms with Crippen molar-refractivity contribution in [2.24, 2.45) is 0 Å². The molecule has 0 bridgehead atoms. The van der Waals surface area contributed by atoms with E-state index in [1.165, 1.54) is 38.6 Å². The van der Waals surface area contributed by atoms with Gasteiger partial charge in [-0.3, -0.25) is 14.4 Å². The lowest BCUT2D eigenvalue weighted by molar-refractivity contribution is 0.103. The third kappa shape index (κ3) is 2.11. The molecular formula is C12H18N4O. The van der Waals surface area contributed by atoms with Crippen LogP contribution in [0.3, 0.4) is 0 Å². The molecule has 2 heterocycles. The number of hydrogen-bond donors (Lipinski definition) is 0. The van der Waals surface area contributed by atoms with Crippen LogP contribution in [0.1, 0.15) is 42.6 Å². The smallest absolute Gasteiger partial charge is 0.171 e. The Morgan fingerprint density at radius 2 is 2.24 bits per heavy atom. The van der Waals surface area contributed by atoms with E-state index in [9.17, 15) is 4.79 Å². The SMILES string of the molecule is O=Cc1cn(C[C@@H]2CCCN2C2CCC2)nn1. The number of likely N-dealkylation sites (tertiary alicyclic amines) is 1. The summed E-state index contributed by atoms with van der Waals surface area (Å²) in [4.78, 5) is 13.2. The Morgan fingerprint density at radius 3 is 2.88 bits per heavy atom. The van der Waals surface area contributed by atoms with Gasteiger partial charge in [0.15, 0.2) is 6.29 Å². The second-order valence-corrected chi connectivity index (χ2v) is 5.10. The molecule has 0 radical (unpaired) electrons. The zero-order valence-electron chi connectivity index (χ0n) is 9.96. The maximum atomic E-state index is 10.6. The van der Waals surface area contributed by atoms with Crippen LogP contribution in [-0.2, 0) is 6.54 Å². The van der Waals surface area contributed by atoms with E-state index in [0.29, 0.717) is 11.7 Å². The van der Waals surface area contributed by atoms with E-state index in [4.69, 9.17) is 0 Å². The normalized spacial score (nSPS) is 26.0. The van der Waals surface area contributed by atoms with Crippen molar-refractivity contribution in [2.75, 3.05) is 6.54 Å². The second kappa shape index (κ2) is 4.56. The molecule has 0 N–H and O–H groups in total. The average Bonchev–Trinajstić information content (AvgIpc) is 2.87. The van der Waals surface area contributed by atoms with Crippen molar-refractivity contribution in [1.29, 1.82) is 0 Å². The topological polar surface area (TPSA) is 51.0 Å². The molecule has 3 rings (SSSR count). The van der Waals surface area contributed by atoms with Gasteiger partial charge >= 0.3 is 0 Å². The van der Waals surface area contributed by atoms with E-state index in [0.717, 1.165) is 18.9 Å². The zero-order chi connectivity index (χ0) is 11.7. The Labute approximate surface area is 101 Å². The van der Waals surface area contributed by atoms with Crippen molar-refractivity contribution in [1.82, 2.24) is 19.9 Å². The van der Waals surface area contributed by atoms with E-state index < -0.39 is 0 Å². The molecule has 2 fully saturated rings. The minimum absolute atomic E-state index is 0.429. The quantitative estimate of drug-likeness (QED) is 0.732. The molecule has 1 aromatic rings. The molecule has 1 aromatic heterocycles. The van der Waals surface area contributed by atoms with Crippen molar-refractivity contribution >= 4 is 6.29 Å². The molecule has 0 unspecified atom stereocenters. The molecule has 0 amide bonds. The Hall–Kier alpha value is -1.23. The second-order valence-electron chi connectivity index (χ2n) is 5.10. The molecule has 5 heteroatoms. The highest BCUT2D eigenvalue weighted by Crippen LogP contribution is 2.31. The maximum absolute atomic E-state index is 10.6. The molecule has 1 saturated heterocycles. The van der Waals surface area contributed by atoms with Gasteiger partial charge in [-0.15, -0.1) is 5.10 Å². The molecule has 0 spiro atoms. The van der Waals surface area contributed by atoms with Crippen molar-refractivity contribution < 1.29 is 4.79 Å². The third-order valence-corrected chi connectivity index (χ3v) is 4.04. The van der Waals surface area contributed by atoms with Crippen molar-refractivity contribution in [3.63, 3.8) is 0 Å². The minimum atomic E-state index is 0.429. The van der Waals surface area contributed by atoms with E-state index in [-0.39, 0.29) is 0 Å². The molecule has 17 heavy (non-hydrogen) atoms. The number of aromatic nitrogens is 3. The Bertz CT molecular complexity index is 399. The lowest BCUT2D eigenvalue weighted by Crippen LogP contribution is -2.44. The molecule has 1 saturated carbocycles. The number of rotatable bonds is 4. The predicted molar refractivity (Wildman–Crippen MR) is 62.8 cm³/mol. The summed E-state index contributed by atoms with van der Waals surface area (Å²) < 4.78 is 1.81. The fourth-order valence-electron chi connectivity index (χ4n) is 2.93. The number of hydrogen-bond acceptors (Lipinski definition) is 4. The first-order chi connectivity index (χ1) is 8.36. The van der Waals surface area contributed by atoms with Crippen LogP contribution in [0.2, 0.25) is 0 Å². The molecule has 1 aliphatic carbocycles. The van der Waals surface area contributed by atoms with Gasteiger partial charge in [-0.1, -0.05) is 11.6 Å². The summed E-state index contributed by atoms with van der Waals surface area (Å²) in [6, 6.07) is 1.39. The number of aldehydes is 1. The predicted octanol–water partition coefficient (Wildman–Crippen LogP) is 1.11. The summed E-state index contributed by atoms with van der Waals surface area (Å²) >= 11 is 0. The van der Waals surface area contributed by atoms with Gasteiger partial charge in [0.25, 0.3) is 0 Å². The summed E-state index contributed by atoms with van der Waals surface area (Å²) in [6.45, 7) is 2.10. The molecule has 1 aliphatic heterocycles. The van der Waals surface area contributed by atoms with E-state index in [1.54, 1.807) is 6.20 Å². The van der Waals surface area contributed by atoms with Crippen LogP contribution in [0.25, 0.3) is 0 Å². The number of carbonyl (C=O) groups excluding carboxylic acids is 1. The first-order valence-corrected chi connectivity index (χ1v) is 6.48. The van der Waals surface area contributed by atoms with Crippen LogP contribution in [0, 0.1) is 0 Å². The van der Waals surface area contributed by atoms with Crippen molar-refractivity contribution in [3.05, 3.63) is 11.9 Å². The van der Waals surface area contributed by atoms with Gasteiger partial charge in [-0.25, -0.2) is 0 Å². The molecule has 92 valence electrons.